The number of ether oxygens (including phenoxy) is 1. The molecule has 0 aromatic carbocycles. The number of nitrogens with zero attached hydrogens (tertiary/aromatic N) is 3. The van der Waals surface area contributed by atoms with E-state index in [9.17, 15) is 4.79 Å². The largest absolute Gasteiger partial charge is 0.478 e. The highest BCUT2D eigenvalue weighted by Crippen LogP contribution is 2.36. The summed E-state index contributed by atoms with van der Waals surface area (Å²) in [6.07, 6.45) is 8.93. The van der Waals surface area contributed by atoms with E-state index in [-0.39, 0.29) is 29.0 Å². The zero-order valence-electron chi connectivity index (χ0n) is 16.5. The van der Waals surface area contributed by atoms with Gasteiger partial charge in [0.2, 0.25) is 11.8 Å². The van der Waals surface area contributed by atoms with Crippen molar-refractivity contribution >= 4 is 23.0 Å². The van der Waals surface area contributed by atoms with Crippen molar-refractivity contribution in [1.29, 1.82) is 0 Å². The molecule has 2 atom stereocenters. The molecule has 1 amide bonds. The monoisotopic (exact) mass is 402 g/mol. The maximum Gasteiger partial charge on any atom is 0.250 e. The van der Waals surface area contributed by atoms with Gasteiger partial charge in [0.15, 0.2) is 0 Å². The first-order valence-corrected chi connectivity index (χ1v) is 9.85. The normalized spacial score (nSPS) is 18.9. The molecule has 156 valence electrons. The number of primary amides is 1. The smallest absolute Gasteiger partial charge is 0.250 e. The molecule has 3 rings (SSSR count). The van der Waals surface area contributed by atoms with Crippen LogP contribution in [-0.2, 0) is 0 Å². The Hall–Kier alpha value is -2.94. The summed E-state index contributed by atoms with van der Waals surface area (Å²) in [4.78, 5) is 19.6. The van der Waals surface area contributed by atoms with E-state index in [0.717, 1.165) is 32.1 Å². The zero-order valence-corrected chi connectivity index (χ0v) is 16.5. The van der Waals surface area contributed by atoms with Gasteiger partial charge in [0, 0.05) is 24.3 Å². The van der Waals surface area contributed by atoms with Gasteiger partial charge in [0.1, 0.15) is 5.69 Å². The lowest BCUT2D eigenvalue weighted by Gasteiger charge is -2.31. The third-order valence-corrected chi connectivity index (χ3v) is 4.92. The number of nitrogens with one attached hydrogen (secondary N) is 1. The van der Waals surface area contributed by atoms with E-state index in [2.05, 4.69) is 15.3 Å². The van der Waals surface area contributed by atoms with Crippen LogP contribution in [0.4, 0.5) is 21.5 Å². The highest BCUT2D eigenvalue weighted by molar-refractivity contribution is 5.93. The number of carbonyl (C=O) groups excluding carboxylic acids is 1. The van der Waals surface area contributed by atoms with E-state index in [1.165, 1.54) is 24.5 Å². The molecule has 1 fully saturated rings. The standard InChI is InChI=1S/C20H27FN6O2/c1-2-7-29-19-9-18(27(21)14-8-13(20(23)28)10-24-11-14)17(12-25-19)26-16-6-4-3-5-15(16)22/h8-12,15-16,26H,2-7,22H2,1H3,(H2,23,28)/t15-,16+/m0/s1. The first kappa shape index (κ1) is 20.8. The van der Waals surface area contributed by atoms with Crippen LogP contribution in [0, 0.1) is 0 Å². The Morgan fingerprint density at radius 2 is 2.10 bits per heavy atom. The van der Waals surface area contributed by atoms with Crippen LogP contribution in [0.5, 0.6) is 5.88 Å². The summed E-state index contributed by atoms with van der Waals surface area (Å²) in [7, 11) is 0. The molecule has 0 radical (unpaired) electrons. The molecule has 0 saturated heterocycles. The van der Waals surface area contributed by atoms with E-state index in [1.54, 1.807) is 6.20 Å². The van der Waals surface area contributed by atoms with Crippen LogP contribution < -0.4 is 26.6 Å². The van der Waals surface area contributed by atoms with Gasteiger partial charge in [-0.2, -0.15) is 5.12 Å². The Morgan fingerprint density at radius 3 is 2.83 bits per heavy atom. The van der Waals surface area contributed by atoms with E-state index in [1.807, 2.05) is 6.92 Å². The van der Waals surface area contributed by atoms with Gasteiger partial charge in [-0.15, -0.1) is 0 Å². The number of amides is 1. The van der Waals surface area contributed by atoms with Crippen LogP contribution in [0.2, 0.25) is 0 Å². The Labute approximate surface area is 169 Å². The summed E-state index contributed by atoms with van der Waals surface area (Å²) < 4.78 is 21.0. The van der Waals surface area contributed by atoms with Gasteiger partial charge >= 0.3 is 0 Å². The van der Waals surface area contributed by atoms with Crippen molar-refractivity contribution in [2.45, 2.75) is 51.1 Å². The first-order chi connectivity index (χ1) is 14.0. The van der Waals surface area contributed by atoms with E-state index in [0.29, 0.717) is 23.3 Å². The molecular weight excluding hydrogens is 375 g/mol. The molecule has 2 aromatic heterocycles. The highest BCUT2D eigenvalue weighted by atomic mass is 19.2. The van der Waals surface area contributed by atoms with Gasteiger partial charge in [0.25, 0.3) is 0 Å². The van der Waals surface area contributed by atoms with Gasteiger partial charge in [-0.05, 0) is 25.3 Å². The molecule has 2 heterocycles. The number of anilines is 3. The van der Waals surface area contributed by atoms with Crippen molar-refractivity contribution in [3.05, 3.63) is 36.3 Å². The predicted octanol–water partition coefficient (Wildman–Crippen LogP) is 3.07. The summed E-state index contributed by atoms with van der Waals surface area (Å²) in [5, 5.41) is 3.77. The second-order valence-corrected chi connectivity index (χ2v) is 7.16. The number of hydrogen-bond acceptors (Lipinski definition) is 7. The average molecular weight is 402 g/mol. The minimum Gasteiger partial charge on any atom is -0.478 e. The molecule has 1 aliphatic rings. The van der Waals surface area contributed by atoms with Gasteiger partial charge in [-0.25, -0.2) is 4.98 Å². The third-order valence-electron chi connectivity index (χ3n) is 4.92. The van der Waals surface area contributed by atoms with Crippen LogP contribution in [0.1, 0.15) is 49.4 Å². The Kier molecular flexibility index (Phi) is 6.82. The Balaban J connectivity index is 1.94. The lowest BCUT2D eigenvalue weighted by Crippen LogP contribution is -2.42. The number of nitrogens with two attached hydrogens (primary N) is 2. The van der Waals surface area contributed by atoms with E-state index >= 15 is 4.48 Å². The van der Waals surface area contributed by atoms with Crippen molar-refractivity contribution in [1.82, 2.24) is 9.97 Å². The molecule has 8 nitrogen and oxygen atoms in total. The van der Waals surface area contributed by atoms with Crippen molar-refractivity contribution in [2.24, 2.45) is 11.5 Å². The molecule has 0 spiro atoms. The maximum absolute atomic E-state index is 15.4. The molecule has 5 N–H and O–H groups in total. The summed E-state index contributed by atoms with van der Waals surface area (Å²) in [6, 6.07) is 2.87. The number of rotatable bonds is 8. The van der Waals surface area contributed by atoms with Gasteiger partial charge in [-0.1, -0.05) is 24.2 Å². The number of pyridine rings is 2. The molecule has 2 aromatic rings. The van der Waals surface area contributed by atoms with Gasteiger partial charge in [-0.3, -0.25) is 9.78 Å². The first-order valence-electron chi connectivity index (χ1n) is 9.85. The summed E-state index contributed by atoms with van der Waals surface area (Å²) >= 11 is 0. The average Bonchev–Trinajstić information content (AvgIpc) is 2.74. The van der Waals surface area contributed by atoms with Crippen LogP contribution in [0.25, 0.3) is 0 Å². The van der Waals surface area contributed by atoms with E-state index < -0.39 is 5.91 Å². The summed E-state index contributed by atoms with van der Waals surface area (Å²) in [5.41, 5.74) is 12.4. The summed E-state index contributed by atoms with van der Waals surface area (Å²) in [5.74, 6) is -0.372. The van der Waals surface area contributed by atoms with Crippen molar-refractivity contribution in [2.75, 3.05) is 17.0 Å². The van der Waals surface area contributed by atoms with Crippen LogP contribution in [-0.4, -0.2) is 34.6 Å². The maximum atomic E-state index is 15.4. The van der Waals surface area contributed by atoms with Gasteiger partial charge < -0.3 is 21.5 Å². The minimum absolute atomic E-state index is 0.0134. The lowest BCUT2D eigenvalue weighted by molar-refractivity contribution is 0.1000. The molecule has 1 aliphatic carbocycles. The predicted molar refractivity (Wildman–Crippen MR) is 110 cm³/mol. The molecule has 0 unspecified atom stereocenters. The Morgan fingerprint density at radius 1 is 1.31 bits per heavy atom. The van der Waals surface area contributed by atoms with Crippen LogP contribution in [0.3, 0.4) is 0 Å². The fourth-order valence-electron chi connectivity index (χ4n) is 3.33. The summed E-state index contributed by atoms with van der Waals surface area (Å²) in [6.45, 7) is 2.45. The van der Waals surface area contributed by atoms with Crippen LogP contribution >= 0.6 is 0 Å². The number of hydrogen-bond donors (Lipinski definition) is 3. The lowest BCUT2D eigenvalue weighted by atomic mass is 9.91. The van der Waals surface area contributed by atoms with Crippen molar-refractivity contribution in [3.8, 4) is 5.88 Å². The molecule has 29 heavy (non-hydrogen) atoms. The molecular formula is C20H27FN6O2. The number of halogens is 1. The number of carbonyl (C=O) groups is 1. The van der Waals surface area contributed by atoms with Crippen LogP contribution in [0.15, 0.2) is 30.7 Å². The molecule has 0 aliphatic heterocycles. The highest BCUT2D eigenvalue weighted by Gasteiger charge is 2.24. The van der Waals surface area contributed by atoms with Crippen molar-refractivity contribution in [3.63, 3.8) is 0 Å². The molecule has 0 bridgehead atoms. The fraction of sp³-hybridized carbons (Fsp3) is 0.450. The minimum atomic E-state index is -0.680. The van der Waals surface area contributed by atoms with Gasteiger partial charge in [0.05, 0.1) is 35.9 Å². The zero-order chi connectivity index (χ0) is 20.8. The Bertz CT molecular complexity index is 849. The second-order valence-electron chi connectivity index (χ2n) is 7.16. The van der Waals surface area contributed by atoms with E-state index in [4.69, 9.17) is 16.2 Å². The molecule has 9 heteroatoms. The second kappa shape index (κ2) is 9.51. The topological polar surface area (TPSA) is 119 Å². The third kappa shape index (κ3) is 5.11. The SMILES string of the molecule is CCCOc1cc(N(F)c2cncc(C(N)=O)c2)c(N[C@@H]2CCCC[C@@H]2N)cn1. The fourth-order valence-corrected chi connectivity index (χ4v) is 3.33. The molecule has 1 saturated carbocycles. The quantitative estimate of drug-likeness (QED) is 0.581. The van der Waals surface area contributed by atoms with Crippen molar-refractivity contribution < 1.29 is 14.0 Å². The number of aromatic nitrogens is 2.